The molecule has 0 aromatic heterocycles. The van der Waals surface area contributed by atoms with Gasteiger partial charge in [0.25, 0.3) is 0 Å². The van der Waals surface area contributed by atoms with E-state index in [0.717, 1.165) is 16.5 Å². The SMILES string of the molecule is N#Cc1cccc(-c2cccc(CBr)c2)c1. The summed E-state index contributed by atoms with van der Waals surface area (Å²) in [6, 6.07) is 18.1. The minimum absolute atomic E-state index is 0.696. The molecule has 0 radical (unpaired) electrons. The molecule has 0 fully saturated rings. The normalized spacial score (nSPS) is 9.75. The van der Waals surface area contributed by atoms with Gasteiger partial charge in [-0.15, -0.1) is 0 Å². The molecule has 78 valence electrons. The van der Waals surface area contributed by atoms with Crippen LogP contribution < -0.4 is 0 Å². The number of halogens is 1. The average Bonchev–Trinajstić information content (AvgIpc) is 2.39. The van der Waals surface area contributed by atoms with Crippen LogP contribution in [-0.2, 0) is 5.33 Å². The van der Waals surface area contributed by atoms with Crippen LogP contribution in [0.25, 0.3) is 11.1 Å². The number of hydrogen-bond acceptors (Lipinski definition) is 1. The number of rotatable bonds is 2. The first-order chi connectivity index (χ1) is 7.83. The third kappa shape index (κ3) is 2.32. The fourth-order valence-electron chi connectivity index (χ4n) is 1.60. The molecule has 1 nitrogen and oxygen atoms in total. The highest BCUT2D eigenvalue weighted by atomic mass is 79.9. The minimum Gasteiger partial charge on any atom is -0.192 e. The van der Waals surface area contributed by atoms with Crippen molar-refractivity contribution in [3.8, 4) is 17.2 Å². The largest absolute Gasteiger partial charge is 0.192 e. The molecule has 0 aliphatic heterocycles. The molecule has 16 heavy (non-hydrogen) atoms. The Balaban J connectivity index is 2.46. The molecule has 0 N–H and O–H groups in total. The smallest absolute Gasteiger partial charge is 0.0991 e. The molecule has 0 heterocycles. The van der Waals surface area contributed by atoms with E-state index < -0.39 is 0 Å². The first-order valence-electron chi connectivity index (χ1n) is 4.99. The van der Waals surface area contributed by atoms with E-state index >= 15 is 0 Å². The van der Waals surface area contributed by atoms with Crippen molar-refractivity contribution in [2.24, 2.45) is 0 Å². The van der Waals surface area contributed by atoms with Gasteiger partial charge in [-0.05, 0) is 28.8 Å². The Kier molecular flexibility index (Phi) is 3.38. The van der Waals surface area contributed by atoms with Gasteiger partial charge in [0.1, 0.15) is 0 Å². The maximum Gasteiger partial charge on any atom is 0.0991 e. The Morgan fingerprint density at radius 3 is 2.38 bits per heavy atom. The van der Waals surface area contributed by atoms with Crippen molar-refractivity contribution in [3.05, 3.63) is 59.7 Å². The highest BCUT2D eigenvalue weighted by molar-refractivity contribution is 9.08. The molecule has 2 heteroatoms. The lowest BCUT2D eigenvalue weighted by Crippen LogP contribution is -1.82. The Bertz CT molecular complexity index is 540. The van der Waals surface area contributed by atoms with Gasteiger partial charge in [-0.25, -0.2) is 0 Å². The van der Waals surface area contributed by atoms with Gasteiger partial charge < -0.3 is 0 Å². The van der Waals surface area contributed by atoms with Gasteiger partial charge in [-0.2, -0.15) is 5.26 Å². The van der Waals surface area contributed by atoms with Crippen LogP contribution >= 0.6 is 15.9 Å². The number of nitriles is 1. The summed E-state index contributed by atoms with van der Waals surface area (Å²) >= 11 is 3.44. The van der Waals surface area contributed by atoms with Crippen molar-refractivity contribution >= 4 is 15.9 Å². The Hall–Kier alpha value is -1.59. The molecule has 0 saturated carbocycles. The maximum absolute atomic E-state index is 8.85. The summed E-state index contributed by atoms with van der Waals surface area (Å²) in [5, 5.41) is 9.70. The molecular formula is C14H10BrN. The highest BCUT2D eigenvalue weighted by Crippen LogP contribution is 2.22. The summed E-state index contributed by atoms with van der Waals surface area (Å²) in [5.41, 5.74) is 4.16. The maximum atomic E-state index is 8.85. The van der Waals surface area contributed by atoms with E-state index in [9.17, 15) is 0 Å². The second-order valence-electron chi connectivity index (χ2n) is 3.53. The van der Waals surface area contributed by atoms with E-state index in [1.54, 1.807) is 0 Å². The van der Waals surface area contributed by atoms with Crippen molar-refractivity contribution in [2.45, 2.75) is 5.33 Å². The number of benzene rings is 2. The standard InChI is InChI=1S/C14H10BrN/c15-9-11-3-1-5-13(7-11)14-6-2-4-12(8-14)10-16/h1-8H,9H2. The van der Waals surface area contributed by atoms with Gasteiger partial charge in [0, 0.05) is 5.33 Å². The molecular weight excluding hydrogens is 262 g/mol. The molecule has 0 spiro atoms. The van der Waals surface area contributed by atoms with E-state index in [0.29, 0.717) is 5.56 Å². The van der Waals surface area contributed by atoms with Crippen LogP contribution in [0.4, 0.5) is 0 Å². The fourth-order valence-corrected chi connectivity index (χ4v) is 1.95. The van der Waals surface area contributed by atoms with Gasteiger partial charge in [-0.3, -0.25) is 0 Å². The van der Waals surface area contributed by atoms with Crippen molar-refractivity contribution < 1.29 is 0 Å². The Morgan fingerprint density at radius 1 is 1.00 bits per heavy atom. The summed E-state index contributed by atoms with van der Waals surface area (Å²) in [7, 11) is 0. The van der Waals surface area contributed by atoms with E-state index in [4.69, 9.17) is 5.26 Å². The van der Waals surface area contributed by atoms with Crippen LogP contribution in [0.1, 0.15) is 11.1 Å². The quantitative estimate of drug-likeness (QED) is 0.754. The second kappa shape index (κ2) is 4.96. The molecule has 2 aromatic rings. The second-order valence-corrected chi connectivity index (χ2v) is 4.09. The molecule has 0 atom stereocenters. The van der Waals surface area contributed by atoms with Crippen LogP contribution in [0, 0.1) is 11.3 Å². The molecule has 0 amide bonds. The van der Waals surface area contributed by atoms with Crippen LogP contribution in [0.2, 0.25) is 0 Å². The number of hydrogen-bond donors (Lipinski definition) is 0. The summed E-state index contributed by atoms with van der Waals surface area (Å²) in [4.78, 5) is 0. The molecule has 0 bridgehead atoms. The van der Waals surface area contributed by atoms with E-state index in [1.165, 1.54) is 5.56 Å². The minimum atomic E-state index is 0.696. The van der Waals surface area contributed by atoms with Crippen molar-refractivity contribution in [1.29, 1.82) is 5.26 Å². The Morgan fingerprint density at radius 2 is 1.69 bits per heavy atom. The molecule has 0 saturated heterocycles. The van der Waals surface area contributed by atoms with E-state index in [-0.39, 0.29) is 0 Å². The van der Waals surface area contributed by atoms with Gasteiger partial charge in [-0.1, -0.05) is 52.3 Å². The van der Waals surface area contributed by atoms with Crippen LogP contribution in [0.5, 0.6) is 0 Å². The number of alkyl halides is 1. The molecule has 0 aliphatic carbocycles. The van der Waals surface area contributed by atoms with Crippen LogP contribution in [0.3, 0.4) is 0 Å². The van der Waals surface area contributed by atoms with Gasteiger partial charge >= 0.3 is 0 Å². The number of nitrogens with zero attached hydrogens (tertiary/aromatic N) is 1. The molecule has 2 aromatic carbocycles. The Labute approximate surface area is 103 Å². The van der Waals surface area contributed by atoms with E-state index in [1.807, 2.05) is 30.3 Å². The monoisotopic (exact) mass is 271 g/mol. The molecule has 0 aliphatic rings. The van der Waals surface area contributed by atoms with Crippen molar-refractivity contribution in [3.63, 3.8) is 0 Å². The third-order valence-electron chi connectivity index (χ3n) is 2.41. The first kappa shape index (κ1) is 10.9. The lowest BCUT2D eigenvalue weighted by atomic mass is 10.0. The van der Waals surface area contributed by atoms with Gasteiger partial charge in [0.05, 0.1) is 11.6 Å². The summed E-state index contributed by atoms with van der Waals surface area (Å²) in [6.45, 7) is 0. The van der Waals surface area contributed by atoms with Crippen LogP contribution in [0.15, 0.2) is 48.5 Å². The average molecular weight is 272 g/mol. The zero-order chi connectivity index (χ0) is 11.4. The van der Waals surface area contributed by atoms with Crippen molar-refractivity contribution in [2.75, 3.05) is 0 Å². The summed E-state index contributed by atoms with van der Waals surface area (Å²) in [5.74, 6) is 0. The predicted molar refractivity (Wildman–Crippen MR) is 69.2 cm³/mol. The van der Waals surface area contributed by atoms with Crippen molar-refractivity contribution in [1.82, 2.24) is 0 Å². The fraction of sp³-hybridized carbons (Fsp3) is 0.0714. The summed E-state index contributed by atoms with van der Waals surface area (Å²) in [6.07, 6.45) is 0. The van der Waals surface area contributed by atoms with E-state index in [2.05, 4.69) is 40.2 Å². The lowest BCUT2D eigenvalue weighted by Gasteiger charge is -2.03. The third-order valence-corrected chi connectivity index (χ3v) is 3.05. The first-order valence-corrected chi connectivity index (χ1v) is 6.11. The lowest BCUT2D eigenvalue weighted by molar-refractivity contribution is 1.43. The van der Waals surface area contributed by atoms with Crippen LogP contribution in [-0.4, -0.2) is 0 Å². The predicted octanol–water partition coefficient (Wildman–Crippen LogP) is 4.12. The topological polar surface area (TPSA) is 23.8 Å². The highest BCUT2D eigenvalue weighted by Gasteiger charge is 1.99. The molecule has 0 unspecified atom stereocenters. The zero-order valence-electron chi connectivity index (χ0n) is 8.65. The van der Waals surface area contributed by atoms with Gasteiger partial charge in [0.15, 0.2) is 0 Å². The molecule has 2 rings (SSSR count). The summed E-state index contributed by atoms with van der Waals surface area (Å²) < 4.78 is 0. The zero-order valence-corrected chi connectivity index (χ0v) is 10.2. The van der Waals surface area contributed by atoms with Gasteiger partial charge in [0.2, 0.25) is 0 Å².